The molecule has 1 saturated heterocycles. The summed E-state index contributed by atoms with van der Waals surface area (Å²) in [4.78, 5) is 3.99. The third kappa shape index (κ3) is 2.43. The number of thiazole rings is 1. The molecule has 3 nitrogen and oxygen atoms in total. The van der Waals surface area contributed by atoms with Crippen molar-refractivity contribution in [3.63, 3.8) is 0 Å². The number of rotatable bonds is 2. The van der Waals surface area contributed by atoms with E-state index in [1.807, 2.05) is 27.7 Å². The van der Waals surface area contributed by atoms with Crippen LogP contribution in [0, 0.1) is 0 Å². The highest BCUT2D eigenvalue weighted by Crippen LogP contribution is 2.38. The Balaban J connectivity index is 2.16. The van der Waals surface area contributed by atoms with Gasteiger partial charge in [-0.25, -0.2) is 9.37 Å². The second-order valence-corrected chi connectivity index (χ2v) is 5.75. The van der Waals surface area contributed by atoms with Crippen LogP contribution in [0.4, 0.5) is 4.39 Å². The fourth-order valence-corrected chi connectivity index (χ4v) is 1.97. The molecule has 1 fully saturated rings. The molecule has 6 heteroatoms. The monoisotopic (exact) mass is 255 g/mol. The van der Waals surface area contributed by atoms with Gasteiger partial charge in [-0.3, -0.25) is 0 Å². The summed E-state index contributed by atoms with van der Waals surface area (Å²) in [5.41, 5.74) is 0.746. The molecule has 0 spiro atoms. The minimum Gasteiger partial charge on any atom is -0.398 e. The van der Waals surface area contributed by atoms with Crippen molar-refractivity contribution in [2.24, 2.45) is 0 Å². The molecule has 0 aliphatic carbocycles. The highest BCUT2D eigenvalue weighted by Gasteiger charge is 2.53. The summed E-state index contributed by atoms with van der Waals surface area (Å²) in [7, 11) is -0.943. The van der Waals surface area contributed by atoms with Gasteiger partial charge in [0, 0.05) is 5.38 Å². The summed E-state index contributed by atoms with van der Waals surface area (Å²) in [5, 5.41) is 1.77. The highest BCUT2D eigenvalue weighted by molar-refractivity contribution is 7.07. The Labute approximate surface area is 105 Å². The van der Waals surface area contributed by atoms with Gasteiger partial charge in [0.05, 0.1) is 22.4 Å². The van der Waals surface area contributed by atoms with Gasteiger partial charge in [0.2, 0.25) is 0 Å². The summed E-state index contributed by atoms with van der Waals surface area (Å²) in [6, 6.07) is 0. The van der Waals surface area contributed by atoms with Gasteiger partial charge in [-0.2, -0.15) is 0 Å². The van der Waals surface area contributed by atoms with Crippen molar-refractivity contribution < 1.29 is 13.7 Å². The van der Waals surface area contributed by atoms with Crippen LogP contribution in [0.2, 0.25) is 0 Å². The van der Waals surface area contributed by atoms with Gasteiger partial charge in [0.15, 0.2) is 0 Å². The molecule has 2 rings (SSSR count). The van der Waals surface area contributed by atoms with Crippen LogP contribution in [0.15, 0.2) is 16.6 Å². The van der Waals surface area contributed by atoms with Crippen molar-refractivity contribution >= 4 is 24.5 Å². The lowest BCUT2D eigenvalue weighted by atomic mass is 9.87. The van der Waals surface area contributed by atoms with Crippen molar-refractivity contribution in [2.45, 2.75) is 38.9 Å². The van der Waals surface area contributed by atoms with Crippen LogP contribution in [0.25, 0.3) is 6.08 Å². The van der Waals surface area contributed by atoms with Crippen LogP contribution >= 0.6 is 11.3 Å². The lowest BCUT2D eigenvalue weighted by Gasteiger charge is -2.32. The molecular formula is C11H15BFNO2S. The lowest BCUT2D eigenvalue weighted by Crippen LogP contribution is -2.41. The van der Waals surface area contributed by atoms with Crippen molar-refractivity contribution in [3.05, 3.63) is 22.3 Å². The van der Waals surface area contributed by atoms with E-state index in [0.29, 0.717) is 5.69 Å². The fourth-order valence-electron chi connectivity index (χ4n) is 1.46. The zero-order chi connectivity index (χ0) is 12.7. The summed E-state index contributed by atoms with van der Waals surface area (Å²) in [5.74, 6) is 0. The van der Waals surface area contributed by atoms with E-state index in [2.05, 4.69) is 4.98 Å². The van der Waals surface area contributed by atoms with E-state index in [-0.39, 0.29) is 0 Å². The molecule has 1 aliphatic rings. The van der Waals surface area contributed by atoms with E-state index in [9.17, 15) is 4.39 Å². The van der Waals surface area contributed by atoms with Gasteiger partial charge < -0.3 is 9.31 Å². The maximum atomic E-state index is 13.9. The third-order valence-electron chi connectivity index (χ3n) is 3.22. The smallest absolute Gasteiger partial charge is 0.398 e. The average Bonchev–Trinajstić information content (AvgIpc) is 2.74. The predicted octanol–water partition coefficient (Wildman–Crippen LogP) is 3.08. The third-order valence-corrected chi connectivity index (χ3v) is 3.82. The van der Waals surface area contributed by atoms with Crippen LogP contribution in [-0.2, 0) is 9.31 Å². The number of hydrogen-bond acceptors (Lipinski definition) is 4. The van der Waals surface area contributed by atoms with E-state index in [1.54, 1.807) is 10.9 Å². The molecule has 1 aromatic rings. The molecule has 92 valence electrons. The topological polar surface area (TPSA) is 31.4 Å². The number of halogens is 1. The van der Waals surface area contributed by atoms with E-state index < -0.39 is 24.0 Å². The quantitative estimate of drug-likeness (QED) is 0.761. The molecule has 0 atom stereocenters. The summed E-state index contributed by atoms with van der Waals surface area (Å²) >= 11 is 1.42. The summed E-state index contributed by atoms with van der Waals surface area (Å²) in [6.07, 6.45) is 1.35. The Morgan fingerprint density at radius 3 is 2.41 bits per heavy atom. The van der Waals surface area contributed by atoms with E-state index in [1.165, 1.54) is 17.4 Å². The average molecular weight is 255 g/mol. The van der Waals surface area contributed by atoms with Crippen molar-refractivity contribution in [1.82, 2.24) is 4.98 Å². The fraction of sp³-hybridized carbons (Fsp3) is 0.545. The van der Waals surface area contributed by atoms with Gasteiger partial charge in [-0.1, -0.05) is 0 Å². The summed E-state index contributed by atoms with van der Waals surface area (Å²) < 4.78 is 25.1. The standard InChI is InChI=1S/C11H15BFNO2S/c1-10(2)11(3,4)16-12(15-10)9(13)5-8-6-17-7-14-8/h5-7H,1-4H3. The predicted molar refractivity (Wildman–Crippen MR) is 67.3 cm³/mol. The SMILES string of the molecule is CC1(C)OB(C(F)=Cc2cscn2)OC1(C)C. The Bertz CT molecular complexity index is 415. The molecule has 2 heterocycles. The number of nitrogens with zero attached hydrogens (tertiary/aromatic N) is 1. The zero-order valence-corrected chi connectivity index (χ0v) is 11.2. The molecule has 0 N–H and O–H groups in total. The Morgan fingerprint density at radius 1 is 1.35 bits per heavy atom. The van der Waals surface area contributed by atoms with Crippen LogP contribution < -0.4 is 0 Å². The van der Waals surface area contributed by atoms with Gasteiger partial charge in [0.25, 0.3) is 0 Å². The molecule has 0 saturated carbocycles. The molecule has 1 aromatic heterocycles. The minimum absolute atomic E-state index is 0.449. The van der Waals surface area contributed by atoms with Gasteiger partial charge in [-0.15, -0.1) is 11.3 Å². The first kappa shape index (κ1) is 12.7. The molecular weight excluding hydrogens is 240 g/mol. The minimum atomic E-state index is -0.943. The molecule has 0 amide bonds. The molecule has 1 aliphatic heterocycles. The maximum Gasteiger partial charge on any atom is 0.525 e. The maximum absolute atomic E-state index is 13.9. The van der Waals surface area contributed by atoms with Crippen molar-refractivity contribution in [1.29, 1.82) is 0 Å². The Morgan fingerprint density at radius 2 is 1.94 bits per heavy atom. The zero-order valence-electron chi connectivity index (χ0n) is 10.4. The van der Waals surface area contributed by atoms with Crippen molar-refractivity contribution in [3.8, 4) is 0 Å². The normalized spacial score (nSPS) is 23.1. The van der Waals surface area contributed by atoms with Gasteiger partial charge in [0.1, 0.15) is 5.73 Å². The molecule has 0 bridgehead atoms. The Kier molecular flexibility index (Phi) is 3.14. The largest absolute Gasteiger partial charge is 0.525 e. The Hall–Kier alpha value is -0.715. The molecule has 0 unspecified atom stereocenters. The van der Waals surface area contributed by atoms with Crippen molar-refractivity contribution in [2.75, 3.05) is 0 Å². The lowest BCUT2D eigenvalue weighted by molar-refractivity contribution is 0.00578. The van der Waals surface area contributed by atoms with Crippen LogP contribution in [-0.4, -0.2) is 23.3 Å². The van der Waals surface area contributed by atoms with Crippen LogP contribution in [0.1, 0.15) is 33.4 Å². The van der Waals surface area contributed by atoms with Gasteiger partial charge >= 0.3 is 7.12 Å². The summed E-state index contributed by atoms with van der Waals surface area (Å²) in [6.45, 7) is 7.57. The molecule has 0 aromatic carbocycles. The second kappa shape index (κ2) is 4.19. The second-order valence-electron chi connectivity index (χ2n) is 5.03. The first-order valence-electron chi connectivity index (χ1n) is 5.43. The van der Waals surface area contributed by atoms with E-state index >= 15 is 0 Å². The highest BCUT2D eigenvalue weighted by atomic mass is 32.1. The van der Waals surface area contributed by atoms with Crippen LogP contribution in [0.5, 0.6) is 0 Å². The number of hydrogen-bond donors (Lipinski definition) is 0. The van der Waals surface area contributed by atoms with E-state index in [4.69, 9.17) is 9.31 Å². The van der Waals surface area contributed by atoms with E-state index in [0.717, 1.165) is 0 Å². The van der Waals surface area contributed by atoms with Crippen LogP contribution in [0.3, 0.4) is 0 Å². The first-order valence-corrected chi connectivity index (χ1v) is 6.37. The molecule has 0 radical (unpaired) electrons. The first-order chi connectivity index (χ1) is 7.82. The molecule has 17 heavy (non-hydrogen) atoms. The van der Waals surface area contributed by atoms with Gasteiger partial charge in [-0.05, 0) is 33.8 Å². The number of aromatic nitrogens is 1.